The molecule has 2 unspecified atom stereocenters. The fraction of sp³-hybridized carbons (Fsp3) is 0.923. The molecular formula is C13H22N2O. The first-order chi connectivity index (χ1) is 7.74. The molecule has 2 saturated heterocycles. The van der Waals surface area contributed by atoms with Gasteiger partial charge in [-0.1, -0.05) is 0 Å². The molecule has 0 aromatic rings. The van der Waals surface area contributed by atoms with Gasteiger partial charge in [0, 0.05) is 24.5 Å². The maximum atomic E-state index is 11.6. The molecule has 0 aromatic carbocycles. The normalized spacial score (nSPS) is 38.7. The molecule has 90 valence electrons. The second-order valence-electron chi connectivity index (χ2n) is 5.91. The molecule has 3 heteroatoms. The third kappa shape index (κ3) is 1.97. The van der Waals surface area contributed by atoms with Gasteiger partial charge in [-0.2, -0.15) is 0 Å². The monoisotopic (exact) mass is 222 g/mol. The van der Waals surface area contributed by atoms with E-state index >= 15 is 0 Å². The molecule has 2 atom stereocenters. The predicted octanol–water partition coefficient (Wildman–Crippen LogP) is 1.39. The molecule has 3 fully saturated rings. The van der Waals surface area contributed by atoms with Gasteiger partial charge in [0.25, 0.3) is 0 Å². The smallest absolute Gasteiger partial charge is 0.223 e. The number of piperidine rings is 1. The summed E-state index contributed by atoms with van der Waals surface area (Å²) in [6.45, 7) is 0.927. The summed E-state index contributed by atoms with van der Waals surface area (Å²) in [5.74, 6) is 1.41. The Hall–Kier alpha value is -0.570. The van der Waals surface area contributed by atoms with Crippen LogP contribution < -0.4 is 5.32 Å². The van der Waals surface area contributed by atoms with Crippen molar-refractivity contribution < 1.29 is 4.79 Å². The SMILES string of the molecule is CN1C2CCC1CC(CNC(=O)C1CC1)C2. The van der Waals surface area contributed by atoms with Crippen molar-refractivity contribution in [2.75, 3.05) is 13.6 Å². The molecule has 1 N–H and O–H groups in total. The van der Waals surface area contributed by atoms with Crippen molar-refractivity contribution in [1.29, 1.82) is 0 Å². The van der Waals surface area contributed by atoms with Gasteiger partial charge in [-0.05, 0) is 51.5 Å². The topological polar surface area (TPSA) is 32.3 Å². The van der Waals surface area contributed by atoms with Gasteiger partial charge in [-0.25, -0.2) is 0 Å². The Morgan fingerprint density at radius 1 is 1.19 bits per heavy atom. The zero-order valence-electron chi connectivity index (χ0n) is 10.1. The van der Waals surface area contributed by atoms with Gasteiger partial charge in [0.05, 0.1) is 0 Å². The van der Waals surface area contributed by atoms with E-state index < -0.39 is 0 Å². The number of amides is 1. The lowest BCUT2D eigenvalue weighted by Crippen LogP contribution is -2.43. The highest BCUT2D eigenvalue weighted by Gasteiger charge is 2.38. The summed E-state index contributed by atoms with van der Waals surface area (Å²) in [6, 6.07) is 1.59. The van der Waals surface area contributed by atoms with Gasteiger partial charge in [0.1, 0.15) is 0 Å². The molecule has 16 heavy (non-hydrogen) atoms. The summed E-state index contributed by atoms with van der Waals surface area (Å²) in [5, 5.41) is 3.14. The van der Waals surface area contributed by atoms with E-state index in [4.69, 9.17) is 0 Å². The van der Waals surface area contributed by atoms with E-state index in [1.807, 2.05) is 0 Å². The lowest BCUT2D eigenvalue weighted by molar-refractivity contribution is -0.122. The summed E-state index contributed by atoms with van der Waals surface area (Å²) < 4.78 is 0. The van der Waals surface area contributed by atoms with Crippen LogP contribution in [0.15, 0.2) is 0 Å². The lowest BCUT2D eigenvalue weighted by Gasteiger charge is -2.36. The van der Waals surface area contributed by atoms with Crippen LogP contribution in [0.5, 0.6) is 0 Å². The highest BCUT2D eigenvalue weighted by molar-refractivity contribution is 5.80. The number of rotatable bonds is 3. The Morgan fingerprint density at radius 3 is 2.38 bits per heavy atom. The first kappa shape index (κ1) is 10.6. The number of fused-ring (bicyclic) bond motifs is 2. The zero-order valence-corrected chi connectivity index (χ0v) is 10.1. The average molecular weight is 222 g/mol. The minimum atomic E-state index is 0.311. The molecule has 2 heterocycles. The van der Waals surface area contributed by atoms with E-state index in [2.05, 4.69) is 17.3 Å². The van der Waals surface area contributed by atoms with Gasteiger partial charge >= 0.3 is 0 Å². The molecule has 0 spiro atoms. The summed E-state index contributed by atoms with van der Waals surface area (Å²) in [7, 11) is 2.27. The van der Waals surface area contributed by atoms with Crippen molar-refractivity contribution in [1.82, 2.24) is 10.2 Å². The number of carbonyl (C=O) groups excluding carboxylic acids is 1. The van der Waals surface area contributed by atoms with Crippen LogP contribution in [0.3, 0.4) is 0 Å². The van der Waals surface area contributed by atoms with E-state index in [1.165, 1.54) is 25.7 Å². The second-order valence-corrected chi connectivity index (χ2v) is 5.91. The van der Waals surface area contributed by atoms with Gasteiger partial charge in [-0.3, -0.25) is 4.79 Å². The fourth-order valence-corrected chi connectivity index (χ4v) is 3.43. The molecule has 2 aliphatic heterocycles. The van der Waals surface area contributed by atoms with Crippen molar-refractivity contribution in [2.24, 2.45) is 11.8 Å². The van der Waals surface area contributed by atoms with Gasteiger partial charge in [-0.15, -0.1) is 0 Å². The first-order valence-corrected chi connectivity index (χ1v) is 6.73. The van der Waals surface area contributed by atoms with Crippen molar-refractivity contribution in [3.8, 4) is 0 Å². The van der Waals surface area contributed by atoms with Crippen LogP contribution in [0, 0.1) is 11.8 Å². The van der Waals surface area contributed by atoms with E-state index in [1.54, 1.807) is 0 Å². The number of nitrogens with one attached hydrogen (secondary N) is 1. The third-order valence-electron chi connectivity index (χ3n) is 4.71. The van der Waals surface area contributed by atoms with Crippen LogP contribution in [0.1, 0.15) is 38.5 Å². The van der Waals surface area contributed by atoms with E-state index in [9.17, 15) is 4.79 Å². The Morgan fingerprint density at radius 2 is 1.81 bits per heavy atom. The number of nitrogens with zero attached hydrogens (tertiary/aromatic N) is 1. The molecule has 1 saturated carbocycles. The second kappa shape index (κ2) is 4.02. The standard InChI is InChI=1S/C13H22N2O/c1-15-11-4-5-12(15)7-9(6-11)8-14-13(16)10-2-3-10/h9-12H,2-8H2,1H3,(H,14,16). The molecule has 3 nitrogen and oxygen atoms in total. The predicted molar refractivity (Wildman–Crippen MR) is 63.0 cm³/mol. The van der Waals surface area contributed by atoms with Crippen LogP contribution in [0.4, 0.5) is 0 Å². The Balaban J connectivity index is 1.48. The first-order valence-electron chi connectivity index (χ1n) is 6.73. The molecular weight excluding hydrogens is 200 g/mol. The zero-order chi connectivity index (χ0) is 11.1. The largest absolute Gasteiger partial charge is 0.356 e. The average Bonchev–Trinajstić information content (AvgIpc) is 3.08. The number of carbonyl (C=O) groups is 1. The Kier molecular flexibility index (Phi) is 2.66. The van der Waals surface area contributed by atoms with E-state index in [-0.39, 0.29) is 0 Å². The van der Waals surface area contributed by atoms with Crippen LogP contribution in [0.2, 0.25) is 0 Å². The molecule has 1 aliphatic carbocycles. The molecule has 0 radical (unpaired) electrons. The number of hydrogen-bond donors (Lipinski definition) is 1. The third-order valence-corrected chi connectivity index (χ3v) is 4.71. The van der Waals surface area contributed by atoms with Crippen LogP contribution in [0.25, 0.3) is 0 Å². The highest BCUT2D eigenvalue weighted by atomic mass is 16.2. The van der Waals surface area contributed by atoms with Crippen molar-refractivity contribution in [3.63, 3.8) is 0 Å². The van der Waals surface area contributed by atoms with Crippen molar-refractivity contribution in [2.45, 2.75) is 50.6 Å². The van der Waals surface area contributed by atoms with Gasteiger partial charge in [0.15, 0.2) is 0 Å². The quantitative estimate of drug-likeness (QED) is 0.782. The maximum absolute atomic E-state index is 11.6. The van der Waals surface area contributed by atoms with Crippen LogP contribution >= 0.6 is 0 Å². The number of hydrogen-bond acceptors (Lipinski definition) is 2. The summed E-state index contributed by atoms with van der Waals surface area (Å²) in [6.07, 6.45) is 7.55. The Labute approximate surface area is 97.6 Å². The van der Waals surface area contributed by atoms with Crippen LogP contribution in [-0.4, -0.2) is 36.5 Å². The summed E-state index contributed by atoms with van der Waals surface area (Å²) >= 11 is 0. The molecule has 1 amide bonds. The van der Waals surface area contributed by atoms with Crippen molar-refractivity contribution in [3.05, 3.63) is 0 Å². The maximum Gasteiger partial charge on any atom is 0.223 e. The van der Waals surface area contributed by atoms with E-state index in [0.717, 1.165) is 37.4 Å². The molecule has 0 aromatic heterocycles. The summed E-state index contributed by atoms with van der Waals surface area (Å²) in [4.78, 5) is 14.1. The van der Waals surface area contributed by atoms with Crippen LogP contribution in [-0.2, 0) is 4.79 Å². The molecule has 3 rings (SSSR count). The van der Waals surface area contributed by atoms with Crippen molar-refractivity contribution >= 4 is 5.91 Å². The highest BCUT2D eigenvalue weighted by Crippen LogP contribution is 2.37. The summed E-state index contributed by atoms with van der Waals surface area (Å²) in [5.41, 5.74) is 0. The Bertz CT molecular complexity index is 274. The fourth-order valence-electron chi connectivity index (χ4n) is 3.43. The van der Waals surface area contributed by atoms with Gasteiger partial charge in [0.2, 0.25) is 5.91 Å². The van der Waals surface area contributed by atoms with E-state index in [0.29, 0.717) is 11.8 Å². The minimum Gasteiger partial charge on any atom is -0.356 e. The van der Waals surface area contributed by atoms with Gasteiger partial charge < -0.3 is 10.2 Å². The molecule has 2 bridgehead atoms. The minimum absolute atomic E-state index is 0.311. The lowest BCUT2D eigenvalue weighted by atomic mass is 9.91. The molecule has 3 aliphatic rings.